The Labute approximate surface area is 77.4 Å². The molecule has 13 heavy (non-hydrogen) atoms. The lowest BCUT2D eigenvalue weighted by atomic mass is 10.2. The highest BCUT2D eigenvalue weighted by Gasteiger charge is 2.10. The molecule has 0 unspecified atom stereocenters. The van der Waals surface area contributed by atoms with Crippen LogP contribution in [0.3, 0.4) is 0 Å². The Morgan fingerprint density at radius 2 is 2.08 bits per heavy atom. The summed E-state index contributed by atoms with van der Waals surface area (Å²) in [6, 6.07) is 0. The second-order valence-corrected chi connectivity index (χ2v) is 3.75. The first kappa shape index (κ1) is 10.1. The molecule has 0 aromatic carbocycles. The Morgan fingerprint density at radius 3 is 2.54 bits per heavy atom. The first-order valence-corrected chi connectivity index (χ1v) is 4.17. The molecule has 0 saturated heterocycles. The molecule has 0 aliphatic carbocycles. The Kier molecular flexibility index (Phi) is 3.00. The molecule has 5 heteroatoms. The third-order valence-corrected chi connectivity index (χ3v) is 1.17. The van der Waals surface area contributed by atoms with Crippen LogP contribution in [0.25, 0.3) is 0 Å². The van der Waals surface area contributed by atoms with Crippen molar-refractivity contribution in [2.75, 3.05) is 0 Å². The van der Waals surface area contributed by atoms with Crippen molar-refractivity contribution in [2.24, 2.45) is 0 Å². The van der Waals surface area contributed by atoms with Gasteiger partial charge in [0.25, 0.3) is 0 Å². The fourth-order valence-corrected chi connectivity index (χ4v) is 0.723. The fraction of sp³-hybridized carbons (Fsp3) is 0.750. The van der Waals surface area contributed by atoms with E-state index in [2.05, 4.69) is 15.7 Å². The lowest BCUT2D eigenvalue weighted by Crippen LogP contribution is -2.28. The first-order valence-electron chi connectivity index (χ1n) is 4.17. The number of aromatic nitrogens is 2. The molecule has 0 atom stereocenters. The van der Waals surface area contributed by atoms with Crippen LogP contribution in [-0.4, -0.2) is 15.8 Å². The monoisotopic (exact) mass is 185 g/mol. The molecule has 0 aliphatic rings. The van der Waals surface area contributed by atoms with Crippen molar-refractivity contribution in [3.8, 4) is 0 Å². The molecule has 5 nitrogen and oxygen atoms in total. The zero-order valence-corrected chi connectivity index (χ0v) is 8.42. The SMILES string of the molecule is Cc1nnc(CNOC(C)(C)C)o1. The van der Waals surface area contributed by atoms with E-state index in [9.17, 15) is 0 Å². The topological polar surface area (TPSA) is 60.2 Å². The minimum atomic E-state index is -0.213. The molecule has 0 saturated carbocycles. The van der Waals surface area contributed by atoms with Gasteiger partial charge in [-0.05, 0) is 20.8 Å². The van der Waals surface area contributed by atoms with Crippen LogP contribution in [0.2, 0.25) is 0 Å². The van der Waals surface area contributed by atoms with Crippen molar-refractivity contribution < 1.29 is 9.25 Å². The van der Waals surface area contributed by atoms with Crippen LogP contribution in [0.15, 0.2) is 4.42 Å². The van der Waals surface area contributed by atoms with Gasteiger partial charge in [0.2, 0.25) is 11.8 Å². The molecular formula is C8H15N3O2. The second kappa shape index (κ2) is 3.85. The van der Waals surface area contributed by atoms with E-state index < -0.39 is 0 Å². The number of rotatable bonds is 3. The van der Waals surface area contributed by atoms with Crippen molar-refractivity contribution in [3.63, 3.8) is 0 Å². The predicted molar refractivity (Wildman–Crippen MR) is 46.7 cm³/mol. The summed E-state index contributed by atoms with van der Waals surface area (Å²) in [7, 11) is 0. The third-order valence-electron chi connectivity index (χ3n) is 1.17. The molecule has 0 spiro atoms. The van der Waals surface area contributed by atoms with E-state index >= 15 is 0 Å². The molecule has 0 bridgehead atoms. The second-order valence-electron chi connectivity index (χ2n) is 3.75. The lowest BCUT2D eigenvalue weighted by Gasteiger charge is -2.18. The van der Waals surface area contributed by atoms with Gasteiger partial charge in [-0.15, -0.1) is 10.2 Å². The predicted octanol–water partition coefficient (Wildman–Crippen LogP) is 1.20. The van der Waals surface area contributed by atoms with E-state index in [-0.39, 0.29) is 5.60 Å². The van der Waals surface area contributed by atoms with Crippen LogP contribution in [0.4, 0.5) is 0 Å². The van der Waals surface area contributed by atoms with Crippen LogP contribution in [0, 0.1) is 6.92 Å². The number of hydroxylamine groups is 1. The summed E-state index contributed by atoms with van der Waals surface area (Å²) in [5, 5.41) is 7.50. The Hall–Kier alpha value is -0.940. The van der Waals surface area contributed by atoms with Crippen molar-refractivity contribution in [3.05, 3.63) is 11.8 Å². The molecule has 1 aromatic rings. The molecule has 0 aliphatic heterocycles. The maximum absolute atomic E-state index is 5.26. The number of nitrogens with zero attached hydrogens (tertiary/aromatic N) is 2. The molecule has 74 valence electrons. The Morgan fingerprint density at radius 1 is 1.38 bits per heavy atom. The molecule has 1 N–H and O–H groups in total. The van der Waals surface area contributed by atoms with Gasteiger partial charge >= 0.3 is 0 Å². The quantitative estimate of drug-likeness (QED) is 0.717. The van der Waals surface area contributed by atoms with Crippen molar-refractivity contribution in [2.45, 2.75) is 39.8 Å². The van der Waals surface area contributed by atoms with E-state index in [0.717, 1.165) is 0 Å². The molecule has 0 fully saturated rings. The average Bonchev–Trinajstić information content (AvgIpc) is 2.33. The van der Waals surface area contributed by atoms with E-state index in [1.54, 1.807) is 6.92 Å². The normalized spacial score (nSPS) is 12.0. The van der Waals surface area contributed by atoms with Crippen molar-refractivity contribution in [1.29, 1.82) is 0 Å². The highest BCUT2D eigenvalue weighted by Crippen LogP contribution is 2.04. The van der Waals surface area contributed by atoms with Crippen LogP contribution >= 0.6 is 0 Å². The number of nitrogens with one attached hydrogen (secondary N) is 1. The summed E-state index contributed by atoms with van der Waals surface area (Å²) in [5.41, 5.74) is 2.55. The van der Waals surface area contributed by atoms with Crippen LogP contribution < -0.4 is 5.48 Å². The van der Waals surface area contributed by atoms with Crippen LogP contribution in [0.5, 0.6) is 0 Å². The Balaban J connectivity index is 2.28. The van der Waals surface area contributed by atoms with Gasteiger partial charge in [0.05, 0.1) is 12.1 Å². The first-order chi connectivity index (χ1) is 5.97. The van der Waals surface area contributed by atoms with Crippen molar-refractivity contribution in [1.82, 2.24) is 15.7 Å². The summed E-state index contributed by atoms with van der Waals surface area (Å²) in [6.07, 6.45) is 0. The summed E-state index contributed by atoms with van der Waals surface area (Å²) in [6.45, 7) is 8.05. The molecule has 0 amide bonds. The molecular weight excluding hydrogens is 170 g/mol. The molecule has 1 heterocycles. The van der Waals surface area contributed by atoms with Gasteiger partial charge in [0.1, 0.15) is 0 Å². The van der Waals surface area contributed by atoms with E-state index in [1.165, 1.54) is 0 Å². The summed E-state index contributed by atoms with van der Waals surface area (Å²) in [4.78, 5) is 5.26. The smallest absolute Gasteiger partial charge is 0.232 e. The summed E-state index contributed by atoms with van der Waals surface area (Å²) in [5.74, 6) is 1.09. The third kappa shape index (κ3) is 4.00. The van der Waals surface area contributed by atoms with Crippen LogP contribution in [0.1, 0.15) is 32.6 Å². The minimum Gasteiger partial charge on any atom is -0.424 e. The highest BCUT2D eigenvalue weighted by molar-refractivity contribution is 4.76. The van der Waals surface area contributed by atoms with Gasteiger partial charge in [-0.25, -0.2) is 0 Å². The van der Waals surface area contributed by atoms with E-state index in [4.69, 9.17) is 9.25 Å². The lowest BCUT2D eigenvalue weighted by molar-refractivity contribution is -0.0780. The van der Waals surface area contributed by atoms with E-state index in [0.29, 0.717) is 18.3 Å². The van der Waals surface area contributed by atoms with Gasteiger partial charge in [-0.2, -0.15) is 5.48 Å². The average molecular weight is 185 g/mol. The highest BCUT2D eigenvalue weighted by atomic mass is 16.7. The Bertz CT molecular complexity index is 265. The van der Waals surface area contributed by atoms with Gasteiger partial charge in [0, 0.05) is 6.92 Å². The maximum Gasteiger partial charge on any atom is 0.232 e. The number of hydrogen-bond acceptors (Lipinski definition) is 5. The zero-order valence-electron chi connectivity index (χ0n) is 8.42. The summed E-state index contributed by atoms with van der Waals surface area (Å²) >= 11 is 0. The standard InChI is InChI=1S/C8H15N3O2/c1-6-10-11-7(12-6)5-9-13-8(2,3)4/h9H,5H2,1-4H3. The van der Waals surface area contributed by atoms with Gasteiger partial charge in [-0.1, -0.05) is 0 Å². The number of aryl methyl sites for hydroxylation is 1. The zero-order chi connectivity index (χ0) is 9.90. The largest absolute Gasteiger partial charge is 0.424 e. The van der Waals surface area contributed by atoms with Gasteiger partial charge < -0.3 is 4.42 Å². The maximum atomic E-state index is 5.26. The molecule has 1 rings (SSSR count). The van der Waals surface area contributed by atoms with Gasteiger partial charge in [0.15, 0.2) is 0 Å². The summed E-state index contributed by atoms with van der Waals surface area (Å²) < 4.78 is 5.13. The number of hydrogen-bond donors (Lipinski definition) is 1. The van der Waals surface area contributed by atoms with Crippen molar-refractivity contribution >= 4 is 0 Å². The fourth-order valence-electron chi connectivity index (χ4n) is 0.723. The van der Waals surface area contributed by atoms with Gasteiger partial charge in [-0.3, -0.25) is 4.84 Å². The minimum absolute atomic E-state index is 0.213. The van der Waals surface area contributed by atoms with Crippen LogP contribution in [-0.2, 0) is 11.4 Å². The molecule has 0 radical (unpaired) electrons. The molecule has 1 aromatic heterocycles. The van der Waals surface area contributed by atoms with E-state index in [1.807, 2.05) is 20.8 Å².